The van der Waals surface area contributed by atoms with Crippen LogP contribution >= 0.6 is 11.6 Å². The number of aromatic nitrogens is 2. The maximum absolute atomic E-state index is 12.7. The molecule has 37 heavy (non-hydrogen) atoms. The zero-order valence-corrected chi connectivity index (χ0v) is 21.8. The maximum atomic E-state index is 12.7. The van der Waals surface area contributed by atoms with Gasteiger partial charge in [0, 0.05) is 63.1 Å². The number of benzene rings is 1. The van der Waals surface area contributed by atoms with Crippen molar-refractivity contribution in [2.24, 2.45) is 23.3 Å². The molecular weight excluding hydrogens is 496 g/mol. The second-order valence-corrected chi connectivity index (χ2v) is 11.2. The van der Waals surface area contributed by atoms with Gasteiger partial charge in [-0.1, -0.05) is 17.7 Å². The Kier molecular flexibility index (Phi) is 6.73. The number of hydrogen-bond acceptors (Lipinski definition) is 7. The van der Waals surface area contributed by atoms with E-state index >= 15 is 0 Å². The van der Waals surface area contributed by atoms with Crippen LogP contribution < -0.4 is 22.5 Å². The Morgan fingerprint density at radius 2 is 1.76 bits per heavy atom. The number of anilines is 1. The number of carbonyl (C=O) groups excluding carboxylic acids is 2. The molecule has 5 rings (SSSR count). The number of fused-ring (bicyclic) bond motifs is 1. The number of hydrogen-bond donors (Lipinski definition) is 3. The highest BCUT2D eigenvalue weighted by atomic mass is 35.5. The van der Waals surface area contributed by atoms with Crippen molar-refractivity contribution in [3.63, 3.8) is 0 Å². The number of nitrogens with zero attached hydrogens (tertiary/aromatic N) is 5. The molecule has 1 aliphatic carbocycles. The molecule has 3 amide bonds. The van der Waals surface area contributed by atoms with Crippen molar-refractivity contribution in [1.82, 2.24) is 24.3 Å². The fourth-order valence-corrected chi connectivity index (χ4v) is 5.46. The van der Waals surface area contributed by atoms with Crippen molar-refractivity contribution in [3.8, 4) is 5.69 Å². The van der Waals surface area contributed by atoms with E-state index in [9.17, 15) is 14.4 Å². The van der Waals surface area contributed by atoms with Crippen molar-refractivity contribution in [3.05, 3.63) is 51.5 Å². The molecule has 1 saturated carbocycles. The normalized spacial score (nSPS) is 23.6. The monoisotopic (exact) mass is 528 g/mol. The van der Waals surface area contributed by atoms with Crippen LogP contribution in [-0.4, -0.2) is 87.0 Å². The fourth-order valence-electron chi connectivity index (χ4n) is 5.22. The van der Waals surface area contributed by atoms with Gasteiger partial charge < -0.3 is 21.3 Å². The number of piperazine rings is 1. The summed E-state index contributed by atoms with van der Waals surface area (Å²) in [6, 6.07) is 7.07. The van der Waals surface area contributed by atoms with Crippen LogP contribution in [0.15, 0.2) is 35.3 Å². The second-order valence-electron chi connectivity index (χ2n) is 10.8. The minimum atomic E-state index is -0.953. The fraction of sp³-hybridized carbons (Fsp3) is 0.520. The molecule has 2 saturated heterocycles. The number of amides is 3. The van der Waals surface area contributed by atoms with E-state index in [2.05, 4.69) is 15.2 Å². The minimum Gasteiger partial charge on any atom is -0.338 e. The van der Waals surface area contributed by atoms with E-state index in [0.29, 0.717) is 54.8 Å². The summed E-state index contributed by atoms with van der Waals surface area (Å²) in [6.45, 7) is 7.59. The summed E-state index contributed by atoms with van der Waals surface area (Å²) >= 11 is 6.55. The van der Waals surface area contributed by atoms with Crippen LogP contribution in [0.3, 0.4) is 0 Å². The van der Waals surface area contributed by atoms with Gasteiger partial charge in [-0.2, -0.15) is 4.98 Å². The predicted octanol–water partition coefficient (Wildman–Crippen LogP) is 0.688. The molecule has 1 aromatic heterocycles. The maximum Gasteiger partial charge on any atom is 0.354 e. The molecule has 1 aromatic carbocycles. The van der Waals surface area contributed by atoms with Gasteiger partial charge in [-0.15, -0.1) is 0 Å². The Balaban J connectivity index is 1.18. The number of rotatable bonds is 5. The van der Waals surface area contributed by atoms with Crippen molar-refractivity contribution in [2.45, 2.75) is 32.0 Å². The number of halogens is 1. The highest BCUT2D eigenvalue weighted by Gasteiger charge is 2.53. The van der Waals surface area contributed by atoms with Crippen LogP contribution in [0.2, 0.25) is 5.02 Å². The molecule has 2 aliphatic heterocycles. The zero-order valence-electron chi connectivity index (χ0n) is 21.1. The summed E-state index contributed by atoms with van der Waals surface area (Å²) in [5.74, 6) is 1.22. The average molecular weight is 529 g/mol. The minimum absolute atomic E-state index is 0.150. The van der Waals surface area contributed by atoms with Gasteiger partial charge in [0.1, 0.15) is 5.82 Å². The lowest BCUT2D eigenvalue weighted by Crippen LogP contribution is -2.58. The number of nitrogens with two attached hydrogens (primary N) is 2. The van der Waals surface area contributed by atoms with Crippen LogP contribution in [0, 0.1) is 11.8 Å². The molecule has 3 atom stereocenters. The summed E-state index contributed by atoms with van der Waals surface area (Å²) in [7, 11) is 0. The lowest BCUT2D eigenvalue weighted by atomic mass is 10.1. The van der Waals surface area contributed by atoms with E-state index in [0.717, 1.165) is 25.2 Å². The first-order valence-electron chi connectivity index (χ1n) is 12.5. The van der Waals surface area contributed by atoms with Gasteiger partial charge in [0.2, 0.25) is 5.91 Å². The second kappa shape index (κ2) is 9.71. The van der Waals surface area contributed by atoms with Gasteiger partial charge in [0.25, 0.3) is 0 Å². The van der Waals surface area contributed by atoms with Crippen LogP contribution in [0.25, 0.3) is 5.69 Å². The Bertz CT molecular complexity index is 1260. The van der Waals surface area contributed by atoms with Gasteiger partial charge in [-0.05, 0) is 49.4 Å². The molecule has 11 nitrogen and oxygen atoms in total. The molecule has 3 fully saturated rings. The van der Waals surface area contributed by atoms with Gasteiger partial charge in [-0.3, -0.25) is 19.6 Å². The predicted molar refractivity (Wildman–Crippen MR) is 141 cm³/mol. The van der Waals surface area contributed by atoms with Crippen molar-refractivity contribution < 1.29 is 9.59 Å². The zero-order chi connectivity index (χ0) is 26.5. The number of nitrogens with one attached hydrogen (secondary N) is 1. The van der Waals surface area contributed by atoms with E-state index in [1.165, 1.54) is 4.57 Å². The Morgan fingerprint density at radius 3 is 2.35 bits per heavy atom. The number of carbonyl (C=O) groups is 2. The Labute approximate surface area is 220 Å². The van der Waals surface area contributed by atoms with E-state index < -0.39 is 11.2 Å². The van der Waals surface area contributed by atoms with E-state index in [4.69, 9.17) is 23.1 Å². The van der Waals surface area contributed by atoms with E-state index in [1.807, 2.05) is 12.1 Å². The molecule has 3 aliphatic rings. The van der Waals surface area contributed by atoms with Crippen LogP contribution in [0.5, 0.6) is 0 Å². The Morgan fingerprint density at radius 1 is 1.11 bits per heavy atom. The van der Waals surface area contributed by atoms with Crippen molar-refractivity contribution in [2.75, 3.05) is 44.6 Å². The van der Waals surface area contributed by atoms with Crippen molar-refractivity contribution in [1.29, 1.82) is 0 Å². The lowest BCUT2D eigenvalue weighted by Gasteiger charge is -2.37. The molecule has 2 aromatic rings. The quantitative estimate of drug-likeness (QED) is 0.518. The van der Waals surface area contributed by atoms with E-state index in [1.54, 1.807) is 42.0 Å². The molecule has 1 unspecified atom stereocenters. The number of urea groups is 1. The van der Waals surface area contributed by atoms with Crippen LogP contribution in [0.4, 0.5) is 10.6 Å². The molecule has 0 bridgehead atoms. The van der Waals surface area contributed by atoms with Gasteiger partial charge in [0.15, 0.2) is 0 Å². The molecule has 3 heterocycles. The molecule has 12 heteroatoms. The summed E-state index contributed by atoms with van der Waals surface area (Å²) in [5.41, 5.74) is 12.0. The standard InChI is InChI=1S/C25H33ClN8O3/c1-25(2,28)22(35)32-7-9-33(10-8-32)23(36)29-20-5-6-34(24(37)30-20)16-4-3-15(19(26)11-16)12-31-13-17-18(14-31)21(17)27/h3-6,11,17-18,21H,7-10,12-14,27-28H2,1-2H3,(H,29,30,36,37)/t17-,18+,21?. The highest BCUT2D eigenvalue weighted by Crippen LogP contribution is 2.44. The largest absolute Gasteiger partial charge is 0.354 e. The third kappa shape index (κ3) is 5.35. The first-order valence-corrected chi connectivity index (χ1v) is 12.9. The van der Waals surface area contributed by atoms with E-state index in [-0.39, 0.29) is 17.8 Å². The first kappa shape index (κ1) is 25.7. The highest BCUT2D eigenvalue weighted by molar-refractivity contribution is 6.31. The number of piperidine rings is 1. The van der Waals surface area contributed by atoms with Crippen LogP contribution in [-0.2, 0) is 11.3 Å². The Hall–Kier alpha value is -2.99. The summed E-state index contributed by atoms with van der Waals surface area (Å²) in [4.78, 5) is 47.4. The smallest absolute Gasteiger partial charge is 0.338 e. The summed E-state index contributed by atoms with van der Waals surface area (Å²) in [5, 5.41) is 3.26. The SMILES string of the molecule is CC(C)(N)C(=O)N1CCN(C(=O)Nc2ccn(-c3ccc(CN4C[C@@H]5C(N)[C@@H]5C4)c(Cl)c3)c(=O)n2)CC1. The number of likely N-dealkylation sites (tertiary alicyclic amines) is 1. The van der Waals surface area contributed by atoms with Gasteiger partial charge >= 0.3 is 11.7 Å². The molecule has 0 spiro atoms. The molecule has 5 N–H and O–H groups in total. The summed E-state index contributed by atoms with van der Waals surface area (Å²) < 4.78 is 1.38. The third-order valence-electron chi connectivity index (χ3n) is 7.49. The van der Waals surface area contributed by atoms with Gasteiger partial charge in [-0.25, -0.2) is 9.59 Å². The third-order valence-corrected chi connectivity index (χ3v) is 7.84. The summed E-state index contributed by atoms with van der Waals surface area (Å²) in [6.07, 6.45) is 1.56. The average Bonchev–Trinajstić information content (AvgIpc) is 3.24. The molecule has 0 radical (unpaired) electrons. The first-order chi connectivity index (χ1) is 17.5. The van der Waals surface area contributed by atoms with Crippen LogP contribution in [0.1, 0.15) is 19.4 Å². The molecular formula is C25H33ClN8O3. The lowest BCUT2D eigenvalue weighted by molar-refractivity contribution is -0.137. The molecule has 198 valence electrons. The van der Waals surface area contributed by atoms with Gasteiger partial charge in [0.05, 0.1) is 11.2 Å². The van der Waals surface area contributed by atoms with Crippen molar-refractivity contribution >= 4 is 29.4 Å². The topological polar surface area (TPSA) is 143 Å².